The van der Waals surface area contributed by atoms with Crippen LogP contribution >= 0.6 is 0 Å². The maximum atomic E-state index is 9.67. The number of hydrogen-bond acceptors (Lipinski definition) is 3. The molecular weight excluding hydrogens is 238 g/mol. The fourth-order valence-corrected chi connectivity index (χ4v) is 3.52. The molecule has 0 saturated carbocycles. The summed E-state index contributed by atoms with van der Waals surface area (Å²) in [6, 6.07) is 6.60. The van der Waals surface area contributed by atoms with Gasteiger partial charge in [0.15, 0.2) is 0 Å². The second-order valence-corrected chi connectivity index (χ2v) is 6.53. The van der Waals surface area contributed by atoms with Crippen LogP contribution < -0.4 is 4.74 Å². The molecule has 3 heteroatoms. The van der Waals surface area contributed by atoms with Crippen LogP contribution in [0.5, 0.6) is 11.5 Å². The van der Waals surface area contributed by atoms with Crippen molar-refractivity contribution in [1.82, 2.24) is 4.90 Å². The number of phenolic OH excluding ortho intramolecular Hbond substituents is 1. The van der Waals surface area contributed by atoms with E-state index in [0.29, 0.717) is 12.1 Å². The molecule has 0 radical (unpaired) electrons. The number of ether oxygens (including phenoxy) is 1. The van der Waals surface area contributed by atoms with E-state index in [1.54, 1.807) is 12.1 Å². The van der Waals surface area contributed by atoms with Gasteiger partial charge in [-0.15, -0.1) is 0 Å². The summed E-state index contributed by atoms with van der Waals surface area (Å²) in [4.78, 5) is 2.60. The van der Waals surface area contributed by atoms with Crippen LogP contribution in [0.2, 0.25) is 0 Å². The predicted octanol–water partition coefficient (Wildman–Crippen LogP) is 3.48. The first-order valence-electron chi connectivity index (χ1n) is 7.24. The highest BCUT2D eigenvalue weighted by Crippen LogP contribution is 2.45. The first-order chi connectivity index (χ1) is 8.96. The van der Waals surface area contributed by atoms with Crippen molar-refractivity contribution in [2.75, 3.05) is 6.54 Å². The topological polar surface area (TPSA) is 32.7 Å². The molecule has 1 fully saturated rings. The first-order valence-corrected chi connectivity index (χ1v) is 7.24. The van der Waals surface area contributed by atoms with E-state index in [9.17, 15) is 5.11 Å². The molecule has 0 amide bonds. The zero-order valence-electron chi connectivity index (χ0n) is 12.0. The van der Waals surface area contributed by atoms with Crippen LogP contribution in [0.4, 0.5) is 0 Å². The van der Waals surface area contributed by atoms with Gasteiger partial charge in [-0.05, 0) is 46.2 Å². The van der Waals surface area contributed by atoms with Crippen LogP contribution in [-0.4, -0.2) is 28.2 Å². The number of nitrogens with zero attached hydrogens (tertiary/aromatic N) is 1. The Balaban J connectivity index is 2.00. The van der Waals surface area contributed by atoms with Gasteiger partial charge in [0.05, 0.1) is 0 Å². The van der Waals surface area contributed by atoms with Crippen molar-refractivity contribution in [2.24, 2.45) is 0 Å². The van der Waals surface area contributed by atoms with Crippen molar-refractivity contribution >= 4 is 0 Å². The van der Waals surface area contributed by atoms with Gasteiger partial charge in [0.1, 0.15) is 17.1 Å². The minimum atomic E-state index is -0.173. The third-order valence-electron chi connectivity index (χ3n) is 4.43. The van der Waals surface area contributed by atoms with Gasteiger partial charge in [0.25, 0.3) is 0 Å². The molecule has 1 aromatic rings. The maximum absolute atomic E-state index is 9.67. The lowest BCUT2D eigenvalue weighted by Crippen LogP contribution is -2.42. The molecule has 0 bridgehead atoms. The van der Waals surface area contributed by atoms with Crippen molar-refractivity contribution in [3.8, 4) is 11.5 Å². The van der Waals surface area contributed by atoms with Gasteiger partial charge in [0, 0.05) is 30.1 Å². The lowest BCUT2D eigenvalue weighted by atomic mass is 9.88. The Labute approximate surface area is 115 Å². The molecular formula is C16H23NO2. The van der Waals surface area contributed by atoms with Gasteiger partial charge in [0.2, 0.25) is 0 Å². The summed E-state index contributed by atoms with van der Waals surface area (Å²) < 4.78 is 6.04. The molecule has 3 rings (SSSR count). The highest BCUT2D eigenvalue weighted by molar-refractivity contribution is 5.44. The zero-order chi connectivity index (χ0) is 13.6. The smallest absolute Gasteiger partial charge is 0.128 e. The van der Waals surface area contributed by atoms with Crippen molar-refractivity contribution in [1.29, 1.82) is 0 Å². The molecule has 2 unspecified atom stereocenters. The summed E-state index contributed by atoms with van der Waals surface area (Å²) in [5, 5.41) is 9.67. The summed E-state index contributed by atoms with van der Waals surface area (Å²) >= 11 is 0. The summed E-state index contributed by atoms with van der Waals surface area (Å²) in [6.45, 7) is 7.75. The third-order valence-corrected chi connectivity index (χ3v) is 4.43. The molecule has 3 nitrogen and oxygen atoms in total. The number of rotatable bonds is 1. The van der Waals surface area contributed by atoms with E-state index in [1.165, 1.54) is 24.9 Å². The number of fused-ring (bicyclic) bond motifs is 1. The SMILES string of the molecule is CC1CCCN1C1CC(C)(C)Oc2cc(O)ccc21. The van der Waals surface area contributed by atoms with Gasteiger partial charge in [-0.1, -0.05) is 6.07 Å². The summed E-state index contributed by atoms with van der Waals surface area (Å²) in [6.07, 6.45) is 3.58. The van der Waals surface area contributed by atoms with Crippen LogP contribution in [0.15, 0.2) is 18.2 Å². The van der Waals surface area contributed by atoms with E-state index in [0.717, 1.165) is 12.2 Å². The van der Waals surface area contributed by atoms with Crippen LogP contribution in [-0.2, 0) is 0 Å². The Bertz CT molecular complexity index is 484. The van der Waals surface area contributed by atoms with Crippen molar-refractivity contribution < 1.29 is 9.84 Å². The highest BCUT2D eigenvalue weighted by atomic mass is 16.5. The van der Waals surface area contributed by atoms with Crippen LogP contribution in [0, 0.1) is 0 Å². The van der Waals surface area contributed by atoms with Crippen molar-refractivity contribution in [2.45, 2.75) is 57.7 Å². The molecule has 2 heterocycles. The molecule has 2 atom stereocenters. The molecule has 2 aliphatic rings. The van der Waals surface area contributed by atoms with Gasteiger partial charge < -0.3 is 9.84 Å². The second-order valence-electron chi connectivity index (χ2n) is 6.53. The fraction of sp³-hybridized carbons (Fsp3) is 0.625. The molecule has 104 valence electrons. The Hall–Kier alpha value is -1.22. The Morgan fingerprint density at radius 2 is 2.16 bits per heavy atom. The van der Waals surface area contributed by atoms with Crippen LogP contribution in [0.3, 0.4) is 0 Å². The summed E-state index contributed by atoms with van der Waals surface area (Å²) in [7, 11) is 0. The second kappa shape index (κ2) is 4.41. The van der Waals surface area contributed by atoms with E-state index in [4.69, 9.17) is 4.74 Å². The van der Waals surface area contributed by atoms with Gasteiger partial charge in [-0.3, -0.25) is 4.90 Å². The maximum Gasteiger partial charge on any atom is 0.128 e. The number of phenols is 1. The Morgan fingerprint density at radius 3 is 2.84 bits per heavy atom. The summed E-state index contributed by atoms with van der Waals surface area (Å²) in [5.41, 5.74) is 1.05. The standard InChI is InChI=1S/C16H23NO2/c1-11-5-4-8-17(11)14-10-16(2,3)19-15-9-12(18)6-7-13(14)15/h6-7,9,11,14,18H,4-5,8,10H2,1-3H3. The minimum absolute atomic E-state index is 0.173. The van der Waals surface area contributed by atoms with E-state index in [1.807, 2.05) is 6.07 Å². The molecule has 0 aromatic heterocycles. The average molecular weight is 261 g/mol. The minimum Gasteiger partial charge on any atom is -0.508 e. The van der Waals surface area contributed by atoms with Crippen molar-refractivity contribution in [3.05, 3.63) is 23.8 Å². The van der Waals surface area contributed by atoms with Crippen LogP contribution in [0.25, 0.3) is 0 Å². The lowest BCUT2D eigenvalue weighted by molar-refractivity contribution is 0.0274. The van der Waals surface area contributed by atoms with E-state index in [2.05, 4.69) is 25.7 Å². The van der Waals surface area contributed by atoms with Gasteiger partial charge in [-0.2, -0.15) is 0 Å². The first kappa shape index (κ1) is 12.8. The van der Waals surface area contributed by atoms with E-state index in [-0.39, 0.29) is 11.4 Å². The normalized spacial score (nSPS) is 29.8. The Kier molecular flexibility index (Phi) is 2.97. The van der Waals surface area contributed by atoms with E-state index >= 15 is 0 Å². The van der Waals surface area contributed by atoms with Crippen molar-refractivity contribution in [3.63, 3.8) is 0 Å². The lowest BCUT2D eigenvalue weighted by Gasteiger charge is -2.42. The quantitative estimate of drug-likeness (QED) is 0.840. The molecule has 0 aliphatic carbocycles. The molecule has 1 saturated heterocycles. The zero-order valence-corrected chi connectivity index (χ0v) is 12.0. The molecule has 19 heavy (non-hydrogen) atoms. The van der Waals surface area contributed by atoms with Gasteiger partial charge in [-0.25, -0.2) is 0 Å². The van der Waals surface area contributed by atoms with Crippen LogP contribution in [0.1, 0.15) is 51.6 Å². The average Bonchev–Trinajstić information content (AvgIpc) is 2.72. The fourth-order valence-electron chi connectivity index (χ4n) is 3.52. The molecule has 1 N–H and O–H groups in total. The monoisotopic (exact) mass is 261 g/mol. The number of benzene rings is 1. The largest absolute Gasteiger partial charge is 0.508 e. The molecule has 1 aromatic carbocycles. The number of likely N-dealkylation sites (tertiary alicyclic amines) is 1. The molecule has 0 spiro atoms. The van der Waals surface area contributed by atoms with Gasteiger partial charge >= 0.3 is 0 Å². The number of hydrogen-bond donors (Lipinski definition) is 1. The summed E-state index contributed by atoms with van der Waals surface area (Å²) in [5.74, 6) is 1.13. The predicted molar refractivity (Wildman–Crippen MR) is 75.6 cm³/mol. The Morgan fingerprint density at radius 1 is 1.37 bits per heavy atom. The van der Waals surface area contributed by atoms with E-state index < -0.39 is 0 Å². The highest BCUT2D eigenvalue weighted by Gasteiger charge is 2.39. The third kappa shape index (κ3) is 2.32. The number of aromatic hydroxyl groups is 1. The molecule has 2 aliphatic heterocycles.